The van der Waals surface area contributed by atoms with Crippen LogP contribution in [0.25, 0.3) is 0 Å². The summed E-state index contributed by atoms with van der Waals surface area (Å²) in [4.78, 5) is 11.9. The topological polar surface area (TPSA) is 29.1 Å². The third-order valence-corrected chi connectivity index (χ3v) is 3.83. The van der Waals surface area contributed by atoms with Gasteiger partial charge in [0.05, 0.1) is 12.1 Å². The number of nitrogens with one attached hydrogen (secondary N) is 1. The van der Waals surface area contributed by atoms with E-state index in [2.05, 4.69) is 21.2 Å². The Balaban J connectivity index is 2.10. The van der Waals surface area contributed by atoms with Crippen molar-refractivity contribution in [1.29, 1.82) is 0 Å². The highest BCUT2D eigenvalue weighted by atomic mass is 79.9. The Morgan fingerprint density at radius 3 is 2.68 bits per heavy atom. The van der Waals surface area contributed by atoms with Crippen LogP contribution >= 0.6 is 15.9 Å². The average Bonchev–Trinajstić information content (AvgIpc) is 2.38. The summed E-state index contributed by atoms with van der Waals surface area (Å²) < 4.78 is 14.3. The van der Waals surface area contributed by atoms with Crippen LogP contribution in [0.4, 0.5) is 10.1 Å². The second kappa shape index (κ2) is 5.97. The summed E-state index contributed by atoms with van der Waals surface area (Å²) in [6.45, 7) is 1.94. The second-order valence-corrected chi connectivity index (χ2v) is 5.05. The zero-order valence-corrected chi connectivity index (χ0v) is 12.0. The van der Waals surface area contributed by atoms with Crippen molar-refractivity contribution in [3.63, 3.8) is 0 Å². The van der Waals surface area contributed by atoms with E-state index in [-0.39, 0.29) is 18.1 Å². The van der Waals surface area contributed by atoms with E-state index in [9.17, 15) is 9.18 Å². The smallest absolute Gasteiger partial charge is 0.228 e. The quantitative estimate of drug-likeness (QED) is 0.906. The molecule has 2 aromatic rings. The summed E-state index contributed by atoms with van der Waals surface area (Å²) in [5.74, 6) is -0.600. The predicted molar refractivity (Wildman–Crippen MR) is 77.6 cm³/mol. The number of carbonyl (C=O) groups excluding carboxylic acids is 1. The van der Waals surface area contributed by atoms with Crippen molar-refractivity contribution in [1.82, 2.24) is 0 Å². The Labute approximate surface area is 119 Å². The Bertz CT molecular complexity index is 613. The van der Waals surface area contributed by atoms with Crippen LogP contribution in [0.5, 0.6) is 0 Å². The molecule has 0 aromatic heterocycles. The molecule has 2 rings (SSSR count). The first kappa shape index (κ1) is 13.7. The maximum Gasteiger partial charge on any atom is 0.228 e. The second-order valence-electron chi connectivity index (χ2n) is 4.25. The maximum absolute atomic E-state index is 13.4. The largest absolute Gasteiger partial charge is 0.325 e. The standard InChI is InChI=1S/C15H13BrFNO/c1-10-5-4-8-13(15(10)16)18-14(19)9-11-6-2-3-7-12(11)17/h2-8H,9H2,1H3,(H,18,19). The highest BCUT2D eigenvalue weighted by Gasteiger charge is 2.10. The number of hydrogen-bond acceptors (Lipinski definition) is 1. The molecule has 0 heterocycles. The third-order valence-electron chi connectivity index (χ3n) is 2.77. The Hall–Kier alpha value is -1.68. The van der Waals surface area contributed by atoms with E-state index >= 15 is 0 Å². The molecule has 0 radical (unpaired) electrons. The summed E-state index contributed by atoms with van der Waals surface area (Å²) in [5.41, 5.74) is 2.12. The van der Waals surface area contributed by atoms with E-state index in [4.69, 9.17) is 0 Å². The number of hydrogen-bond donors (Lipinski definition) is 1. The van der Waals surface area contributed by atoms with Crippen molar-refractivity contribution in [3.05, 3.63) is 63.9 Å². The van der Waals surface area contributed by atoms with Crippen molar-refractivity contribution in [2.24, 2.45) is 0 Å². The van der Waals surface area contributed by atoms with Gasteiger partial charge in [-0.3, -0.25) is 4.79 Å². The van der Waals surface area contributed by atoms with Crippen LogP contribution in [-0.2, 0) is 11.2 Å². The molecule has 0 unspecified atom stereocenters. The highest BCUT2D eigenvalue weighted by Crippen LogP contribution is 2.25. The van der Waals surface area contributed by atoms with Crippen LogP contribution < -0.4 is 5.32 Å². The highest BCUT2D eigenvalue weighted by molar-refractivity contribution is 9.10. The zero-order chi connectivity index (χ0) is 13.8. The van der Waals surface area contributed by atoms with Crippen molar-refractivity contribution < 1.29 is 9.18 Å². The summed E-state index contributed by atoms with van der Waals surface area (Å²) in [5, 5.41) is 2.77. The van der Waals surface area contributed by atoms with Crippen LogP contribution in [0.1, 0.15) is 11.1 Å². The fourth-order valence-electron chi connectivity index (χ4n) is 1.75. The number of amides is 1. The van der Waals surface area contributed by atoms with Crippen LogP contribution in [0.3, 0.4) is 0 Å². The molecule has 0 fully saturated rings. The van der Waals surface area contributed by atoms with Gasteiger partial charge in [0.1, 0.15) is 5.82 Å². The first-order valence-electron chi connectivity index (χ1n) is 5.86. The van der Waals surface area contributed by atoms with Gasteiger partial charge >= 0.3 is 0 Å². The van der Waals surface area contributed by atoms with Gasteiger partial charge in [0, 0.05) is 4.47 Å². The molecule has 0 aliphatic rings. The fourth-order valence-corrected chi connectivity index (χ4v) is 2.12. The minimum Gasteiger partial charge on any atom is -0.325 e. The lowest BCUT2D eigenvalue weighted by molar-refractivity contribution is -0.115. The first-order chi connectivity index (χ1) is 9.08. The van der Waals surface area contributed by atoms with E-state index in [0.29, 0.717) is 11.3 Å². The van der Waals surface area contributed by atoms with Crippen LogP contribution in [0.15, 0.2) is 46.9 Å². The van der Waals surface area contributed by atoms with E-state index in [1.54, 1.807) is 24.3 Å². The summed E-state index contributed by atoms with van der Waals surface area (Å²) in [6, 6.07) is 11.9. The molecule has 0 saturated carbocycles. The SMILES string of the molecule is Cc1cccc(NC(=O)Cc2ccccc2F)c1Br. The lowest BCUT2D eigenvalue weighted by Gasteiger charge is -2.09. The molecule has 0 aliphatic heterocycles. The van der Waals surface area contributed by atoms with Gasteiger partial charge in [0.25, 0.3) is 0 Å². The molecule has 4 heteroatoms. The molecule has 0 atom stereocenters. The van der Waals surface area contributed by atoms with Crippen LogP contribution in [-0.4, -0.2) is 5.91 Å². The van der Waals surface area contributed by atoms with Crippen molar-refractivity contribution in [2.75, 3.05) is 5.32 Å². The van der Waals surface area contributed by atoms with Crippen molar-refractivity contribution >= 4 is 27.5 Å². The van der Waals surface area contributed by atoms with E-state index in [1.807, 2.05) is 19.1 Å². The summed E-state index contributed by atoms with van der Waals surface area (Å²) >= 11 is 3.42. The van der Waals surface area contributed by atoms with Gasteiger partial charge in [-0.05, 0) is 46.1 Å². The number of halogens is 2. The minimum atomic E-state index is -0.360. The number of carbonyl (C=O) groups is 1. The third kappa shape index (κ3) is 3.41. The van der Waals surface area contributed by atoms with Crippen molar-refractivity contribution in [3.8, 4) is 0 Å². The molecule has 0 aliphatic carbocycles. The molecule has 1 amide bonds. The molecule has 2 nitrogen and oxygen atoms in total. The van der Waals surface area contributed by atoms with Crippen molar-refractivity contribution in [2.45, 2.75) is 13.3 Å². The summed E-state index contributed by atoms with van der Waals surface area (Å²) in [7, 11) is 0. The predicted octanol–water partition coefficient (Wildman–Crippen LogP) is 4.08. The Kier molecular flexibility index (Phi) is 4.32. The molecule has 1 N–H and O–H groups in total. The number of rotatable bonds is 3. The lowest BCUT2D eigenvalue weighted by Crippen LogP contribution is -2.15. The van der Waals surface area contributed by atoms with Gasteiger partial charge in [0.2, 0.25) is 5.91 Å². The first-order valence-corrected chi connectivity index (χ1v) is 6.65. The van der Waals surface area contributed by atoms with E-state index in [0.717, 1.165) is 10.0 Å². The number of anilines is 1. The van der Waals surface area contributed by atoms with Crippen LogP contribution in [0, 0.1) is 12.7 Å². The van der Waals surface area contributed by atoms with Gasteiger partial charge in [-0.15, -0.1) is 0 Å². The van der Waals surface area contributed by atoms with Gasteiger partial charge in [-0.1, -0.05) is 30.3 Å². The molecule has 0 saturated heterocycles. The van der Waals surface area contributed by atoms with Gasteiger partial charge in [0.15, 0.2) is 0 Å². The molecular formula is C15H13BrFNO. The normalized spacial score (nSPS) is 10.3. The number of aryl methyl sites for hydroxylation is 1. The van der Waals surface area contributed by atoms with Gasteiger partial charge in [-0.2, -0.15) is 0 Å². The van der Waals surface area contributed by atoms with Gasteiger partial charge in [-0.25, -0.2) is 4.39 Å². The maximum atomic E-state index is 13.4. The minimum absolute atomic E-state index is 0.0209. The van der Waals surface area contributed by atoms with E-state index < -0.39 is 0 Å². The molecule has 0 bridgehead atoms. The molecule has 98 valence electrons. The molecular weight excluding hydrogens is 309 g/mol. The van der Waals surface area contributed by atoms with Gasteiger partial charge < -0.3 is 5.32 Å². The Morgan fingerprint density at radius 2 is 1.95 bits per heavy atom. The van der Waals surface area contributed by atoms with E-state index in [1.165, 1.54) is 6.07 Å². The average molecular weight is 322 g/mol. The molecule has 2 aromatic carbocycles. The molecule has 19 heavy (non-hydrogen) atoms. The number of benzene rings is 2. The lowest BCUT2D eigenvalue weighted by atomic mass is 10.1. The monoisotopic (exact) mass is 321 g/mol. The van der Waals surface area contributed by atoms with Crippen LogP contribution in [0.2, 0.25) is 0 Å². The fraction of sp³-hybridized carbons (Fsp3) is 0.133. The zero-order valence-electron chi connectivity index (χ0n) is 10.4. The molecule has 0 spiro atoms. The Morgan fingerprint density at radius 1 is 1.21 bits per heavy atom. The summed E-state index contributed by atoms with van der Waals surface area (Å²) in [6.07, 6.45) is 0.0209.